The van der Waals surface area contributed by atoms with Crippen LogP contribution in [0.3, 0.4) is 0 Å². The van der Waals surface area contributed by atoms with Gasteiger partial charge in [-0.15, -0.1) is 11.3 Å². The van der Waals surface area contributed by atoms with E-state index in [-0.39, 0.29) is 6.04 Å². The molecule has 1 nitrogen and oxygen atoms in total. The maximum Gasteiger partial charge on any atom is 0.0686 e. The summed E-state index contributed by atoms with van der Waals surface area (Å²) < 4.78 is 0. The highest BCUT2D eigenvalue weighted by atomic mass is 35.5. The molecule has 0 aliphatic heterocycles. The van der Waals surface area contributed by atoms with E-state index in [1.165, 1.54) is 16.0 Å². The average Bonchev–Trinajstić information content (AvgIpc) is 2.87. The molecule has 2 aromatic rings. The van der Waals surface area contributed by atoms with Crippen molar-refractivity contribution in [1.82, 2.24) is 5.32 Å². The molecular formula is C18H24ClNS. The van der Waals surface area contributed by atoms with Gasteiger partial charge in [0.25, 0.3) is 0 Å². The van der Waals surface area contributed by atoms with Crippen LogP contribution < -0.4 is 5.32 Å². The lowest BCUT2D eigenvalue weighted by atomic mass is 9.98. The quantitative estimate of drug-likeness (QED) is 0.690. The largest absolute Gasteiger partial charge is 0.306 e. The molecule has 3 heteroatoms. The van der Waals surface area contributed by atoms with E-state index in [1.54, 1.807) is 11.3 Å². The maximum absolute atomic E-state index is 6.33. The lowest BCUT2D eigenvalue weighted by Crippen LogP contribution is -2.22. The summed E-state index contributed by atoms with van der Waals surface area (Å²) >= 11 is 8.06. The standard InChI is InChI=1S/C18H24ClNS/c1-4-10-20-17(18-16(19)9-11-21-18)15-7-5-14(6-8-15)12-13(2)3/h5-9,11,13,17,20H,4,10,12H2,1-3H3. The first-order valence-corrected chi connectivity index (χ1v) is 8.92. The van der Waals surface area contributed by atoms with Gasteiger partial charge >= 0.3 is 0 Å². The van der Waals surface area contributed by atoms with E-state index in [0.29, 0.717) is 5.92 Å². The summed E-state index contributed by atoms with van der Waals surface area (Å²) in [5.74, 6) is 0.691. The van der Waals surface area contributed by atoms with Crippen LogP contribution in [-0.2, 0) is 6.42 Å². The van der Waals surface area contributed by atoms with E-state index in [2.05, 4.69) is 55.7 Å². The Morgan fingerprint density at radius 1 is 1.14 bits per heavy atom. The smallest absolute Gasteiger partial charge is 0.0686 e. The highest BCUT2D eigenvalue weighted by Crippen LogP contribution is 2.33. The van der Waals surface area contributed by atoms with Crippen molar-refractivity contribution in [2.45, 2.75) is 39.7 Å². The summed E-state index contributed by atoms with van der Waals surface area (Å²) in [6.45, 7) is 7.69. The summed E-state index contributed by atoms with van der Waals surface area (Å²) in [4.78, 5) is 1.21. The monoisotopic (exact) mass is 321 g/mol. The Bertz CT molecular complexity index is 545. The van der Waals surface area contributed by atoms with Gasteiger partial charge in [0.05, 0.1) is 11.1 Å². The zero-order valence-corrected chi connectivity index (χ0v) is 14.6. The minimum atomic E-state index is 0.200. The first-order valence-electron chi connectivity index (χ1n) is 7.67. The number of nitrogens with one attached hydrogen (secondary N) is 1. The third-order valence-electron chi connectivity index (χ3n) is 3.46. The summed E-state index contributed by atoms with van der Waals surface area (Å²) in [7, 11) is 0. The molecule has 0 radical (unpaired) electrons. The predicted octanol–water partition coefficient (Wildman–Crippen LogP) is 5.69. The van der Waals surface area contributed by atoms with Gasteiger partial charge in [-0.05, 0) is 47.9 Å². The van der Waals surface area contributed by atoms with Crippen LogP contribution in [0.1, 0.15) is 49.2 Å². The molecule has 1 heterocycles. The molecule has 0 amide bonds. The average molecular weight is 322 g/mol. The van der Waals surface area contributed by atoms with Crippen LogP contribution in [0.2, 0.25) is 5.02 Å². The van der Waals surface area contributed by atoms with Crippen LogP contribution in [0.15, 0.2) is 35.7 Å². The third kappa shape index (κ3) is 4.57. The Kier molecular flexibility index (Phi) is 6.28. The van der Waals surface area contributed by atoms with E-state index in [0.717, 1.165) is 24.4 Å². The van der Waals surface area contributed by atoms with Crippen molar-refractivity contribution in [3.8, 4) is 0 Å². The fourth-order valence-corrected chi connectivity index (χ4v) is 3.75. The molecule has 114 valence electrons. The van der Waals surface area contributed by atoms with Gasteiger partial charge in [0.1, 0.15) is 0 Å². The Labute approximate surface area is 137 Å². The molecule has 0 aliphatic rings. The molecule has 2 rings (SSSR count). The fraction of sp³-hybridized carbons (Fsp3) is 0.444. The normalized spacial score (nSPS) is 12.8. The fourth-order valence-electron chi connectivity index (χ4n) is 2.48. The van der Waals surface area contributed by atoms with Crippen LogP contribution in [0, 0.1) is 5.92 Å². The van der Waals surface area contributed by atoms with Gasteiger partial charge in [-0.2, -0.15) is 0 Å². The second kappa shape index (κ2) is 7.98. The van der Waals surface area contributed by atoms with E-state index in [4.69, 9.17) is 11.6 Å². The van der Waals surface area contributed by atoms with Crippen LogP contribution in [0.4, 0.5) is 0 Å². The molecular weight excluding hydrogens is 298 g/mol. The van der Waals surface area contributed by atoms with Gasteiger partial charge in [0.2, 0.25) is 0 Å². The minimum Gasteiger partial charge on any atom is -0.306 e. The second-order valence-electron chi connectivity index (χ2n) is 5.86. The zero-order valence-electron chi connectivity index (χ0n) is 13.0. The van der Waals surface area contributed by atoms with Crippen molar-refractivity contribution >= 4 is 22.9 Å². The van der Waals surface area contributed by atoms with Gasteiger partial charge in [0.15, 0.2) is 0 Å². The van der Waals surface area contributed by atoms with Crippen molar-refractivity contribution < 1.29 is 0 Å². The van der Waals surface area contributed by atoms with Gasteiger partial charge in [-0.25, -0.2) is 0 Å². The molecule has 0 saturated carbocycles. The number of benzene rings is 1. The van der Waals surface area contributed by atoms with Gasteiger partial charge < -0.3 is 5.32 Å². The summed E-state index contributed by atoms with van der Waals surface area (Å²) in [6, 6.07) is 11.2. The predicted molar refractivity (Wildman–Crippen MR) is 94.4 cm³/mol. The van der Waals surface area contributed by atoms with Gasteiger partial charge in [-0.1, -0.05) is 56.6 Å². The lowest BCUT2D eigenvalue weighted by molar-refractivity contribution is 0.605. The zero-order chi connectivity index (χ0) is 15.2. The van der Waals surface area contributed by atoms with Crippen LogP contribution in [-0.4, -0.2) is 6.54 Å². The molecule has 1 aromatic heterocycles. The lowest BCUT2D eigenvalue weighted by Gasteiger charge is -2.19. The van der Waals surface area contributed by atoms with Crippen LogP contribution in [0.25, 0.3) is 0 Å². The number of thiophene rings is 1. The number of rotatable bonds is 7. The van der Waals surface area contributed by atoms with E-state index >= 15 is 0 Å². The van der Waals surface area contributed by atoms with Crippen molar-refractivity contribution in [2.24, 2.45) is 5.92 Å². The molecule has 0 fully saturated rings. The van der Waals surface area contributed by atoms with Gasteiger partial charge in [0, 0.05) is 4.88 Å². The van der Waals surface area contributed by atoms with Crippen molar-refractivity contribution in [3.05, 3.63) is 56.7 Å². The molecule has 1 unspecified atom stereocenters. The molecule has 1 N–H and O–H groups in total. The minimum absolute atomic E-state index is 0.200. The van der Waals surface area contributed by atoms with Crippen molar-refractivity contribution in [3.63, 3.8) is 0 Å². The first-order chi connectivity index (χ1) is 10.1. The molecule has 0 spiro atoms. The van der Waals surface area contributed by atoms with Crippen LogP contribution >= 0.6 is 22.9 Å². The summed E-state index contributed by atoms with van der Waals surface area (Å²) in [6.07, 6.45) is 2.25. The van der Waals surface area contributed by atoms with Crippen molar-refractivity contribution in [1.29, 1.82) is 0 Å². The molecule has 1 atom stereocenters. The summed E-state index contributed by atoms with van der Waals surface area (Å²) in [5.41, 5.74) is 2.69. The molecule has 0 bridgehead atoms. The highest BCUT2D eigenvalue weighted by molar-refractivity contribution is 7.10. The highest BCUT2D eigenvalue weighted by Gasteiger charge is 2.17. The molecule has 0 saturated heterocycles. The van der Waals surface area contributed by atoms with E-state index < -0.39 is 0 Å². The van der Waals surface area contributed by atoms with E-state index in [1.807, 2.05) is 6.07 Å². The Balaban J connectivity index is 2.22. The second-order valence-corrected chi connectivity index (χ2v) is 7.21. The SMILES string of the molecule is CCCNC(c1ccc(CC(C)C)cc1)c1sccc1Cl. The van der Waals surface area contributed by atoms with Gasteiger partial charge in [-0.3, -0.25) is 0 Å². The van der Waals surface area contributed by atoms with E-state index in [9.17, 15) is 0 Å². The molecule has 21 heavy (non-hydrogen) atoms. The first kappa shape index (κ1) is 16.5. The van der Waals surface area contributed by atoms with Crippen molar-refractivity contribution in [2.75, 3.05) is 6.54 Å². The maximum atomic E-state index is 6.33. The topological polar surface area (TPSA) is 12.0 Å². The number of hydrogen-bond acceptors (Lipinski definition) is 2. The summed E-state index contributed by atoms with van der Waals surface area (Å²) in [5, 5.41) is 6.54. The molecule has 1 aromatic carbocycles. The third-order valence-corrected chi connectivity index (χ3v) is 4.89. The number of halogens is 1. The van der Waals surface area contributed by atoms with Crippen LogP contribution in [0.5, 0.6) is 0 Å². The Hall–Kier alpha value is -0.830. The molecule has 0 aliphatic carbocycles. The Morgan fingerprint density at radius 2 is 1.86 bits per heavy atom. The Morgan fingerprint density at radius 3 is 2.38 bits per heavy atom. The number of hydrogen-bond donors (Lipinski definition) is 1.